The molecule has 0 aromatic heterocycles. The van der Waals surface area contributed by atoms with Gasteiger partial charge in [-0.15, -0.1) is 0 Å². The van der Waals surface area contributed by atoms with Crippen LogP contribution in [0.5, 0.6) is 0 Å². The van der Waals surface area contributed by atoms with Crippen LogP contribution in [0.25, 0.3) is 0 Å². The summed E-state index contributed by atoms with van der Waals surface area (Å²) < 4.78 is 5.16. The van der Waals surface area contributed by atoms with Crippen LogP contribution in [0, 0.1) is 5.92 Å². The van der Waals surface area contributed by atoms with Crippen LogP contribution >= 0.6 is 0 Å². The van der Waals surface area contributed by atoms with E-state index >= 15 is 0 Å². The number of rotatable bonds is 2. The normalized spacial score (nSPS) is 24.7. The minimum atomic E-state index is 0.399. The zero-order valence-electron chi connectivity index (χ0n) is 6.33. The molecule has 1 rings (SSSR count). The molecule has 0 aromatic carbocycles. The van der Waals surface area contributed by atoms with Gasteiger partial charge in [-0.05, 0) is 0 Å². The van der Waals surface area contributed by atoms with Gasteiger partial charge in [-0.3, -0.25) is 0 Å². The van der Waals surface area contributed by atoms with Crippen LogP contribution in [0.3, 0.4) is 0 Å². The average Bonchev–Trinajstić information content (AvgIpc) is 2.13. The van der Waals surface area contributed by atoms with Gasteiger partial charge in [0.05, 0.1) is 0 Å². The summed E-state index contributed by atoms with van der Waals surface area (Å²) in [5.74, 6) is 0.711. The Bertz CT molecular complexity index is 145. The van der Waals surface area contributed by atoms with Crippen molar-refractivity contribution in [1.82, 2.24) is 0 Å². The first-order valence-corrected chi connectivity index (χ1v) is 4.41. The van der Waals surface area contributed by atoms with Gasteiger partial charge in [0, 0.05) is 0 Å². The van der Waals surface area contributed by atoms with Crippen molar-refractivity contribution in [2.45, 2.75) is 26.3 Å². The van der Waals surface area contributed by atoms with Gasteiger partial charge >= 0.3 is 69.4 Å². The van der Waals surface area contributed by atoms with E-state index in [2.05, 4.69) is 34.9 Å². The van der Waals surface area contributed by atoms with E-state index in [1.807, 2.05) is 0 Å². The fourth-order valence-corrected chi connectivity index (χ4v) is 1.51. The molecule has 1 aliphatic rings. The molecular weight excluding hydrogens is 193 g/mol. The molecule has 1 heterocycles. The molecule has 1 radical (unpaired) electrons. The number of hydrogen-bond acceptors (Lipinski definition) is 2. The standard InChI is InChI=1S/C7H12NOSe/c1-5(2)3-6-4-9-7(10)8-6/h5-6H,3-4H2,1-2H3/t6-/m0/s1. The van der Waals surface area contributed by atoms with E-state index in [1.165, 1.54) is 0 Å². The van der Waals surface area contributed by atoms with Gasteiger partial charge in [0.2, 0.25) is 0 Å². The van der Waals surface area contributed by atoms with E-state index in [0.717, 1.165) is 17.8 Å². The maximum absolute atomic E-state index is 5.16. The van der Waals surface area contributed by atoms with E-state index in [-0.39, 0.29) is 0 Å². The molecule has 1 aliphatic heterocycles. The second-order valence-corrected chi connectivity index (χ2v) is 3.72. The van der Waals surface area contributed by atoms with Crippen LogP contribution in [0.15, 0.2) is 4.99 Å². The van der Waals surface area contributed by atoms with Crippen LogP contribution in [0.1, 0.15) is 20.3 Å². The van der Waals surface area contributed by atoms with E-state index in [0.29, 0.717) is 12.0 Å². The molecular formula is C7H12NOSe. The maximum atomic E-state index is 5.16. The molecule has 0 bridgehead atoms. The van der Waals surface area contributed by atoms with Gasteiger partial charge in [0.15, 0.2) is 0 Å². The van der Waals surface area contributed by atoms with Gasteiger partial charge < -0.3 is 0 Å². The summed E-state index contributed by atoms with van der Waals surface area (Å²) in [5, 5.41) is 0. The Morgan fingerprint density at radius 1 is 1.80 bits per heavy atom. The van der Waals surface area contributed by atoms with Crippen molar-refractivity contribution in [3.05, 3.63) is 0 Å². The summed E-state index contributed by atoms with van der Waals surface area (Å²) in [6.45, 7) is 5.17. The average molecular weight is 205 g/mol. The van der Waals surface area contributed by atoms with Crippen molar-refractivity contribution in [3.8, 4) is 0 Å². The second kappa shape index (κ2) is 3.40. The molecule has 0 saturated carbocycles. The molecule has 0 amide bonds. The molecule has 0 aromatic rings. The van der Waals surface area contributed by atoms with Crippen molar-refractivity contribution >= 4 is 20.8 Å². The summed E-state index contributed by atoms with van der Waals surface area (Å²) in [4.78, 5) is 4.99. The van der Waals surface area contributed by atoms with Crippen molar-refractivity contribution in [1.29, 1.82) is 0 Å². The number of hydrogen-bond donors (Lipinski definition) is 0. The zero-order valence-corrected chi connectivity index (χ0v) is 8.05. The van der Waals surface area contributed by atoms with Crippen LogP contribution in [-0.4, -0.2) is 33.5 Å². The summed E-state index contributed by atoms with van der Waals surface area (Å²) in [5.41, 5.74) is 0. The number of nitrogens with zero attached hydrogens (tertiary/aromatic N) is 1. The first-order valence-electron chi connectivity index (χ1n) is 3.56. The monoisotopic (exact) mass is 206 g/mol. The van der Waals surface area contributed by atoms with E-state index in [1.54, 1.807) is 0 Å². The van der Waals surface area contributed by atoms with Crippen molar-refractivity contribution in [3.63, 3.8) is 0 Å². The summed E-state index contributed by atoms with van der Waals surface area (Å²) in [6.07, 6.45) is 1.13. The molecule has 3 heteroatoms. The van der Waals surface area contributed by atoms with E-state index in [9.17, 15) is 0 Å². The van der Waals surface area contributed by atoms with Crippen LogP contribution in [0.2, 0.25) is 0 Å². The Kier molecular flexibility index (Phi) is 2.75. The molecule has 57 valence electrons. The Balaban J connectivity index is 2.31. The number of ether oxygens (including phenoxy) is 1. The fourth-order valence-electron chi connectivity index (χ4n) is 1.06. The molecule has 10 heavy (non-hydrogen) atoms. The molecule has 0 spiro atoms. The third kappa shape index (κ3) is 2.31. The minimum absolute atomic E-state index is 0.399. The summed E-state index contributed by atoms with van der Waals surface area (Å²) in [7, 11) is 0. The Hall–Kier alpha value is -0.0105. The molecule has 0 fully saturated rings. The molecule has 0 aliphatic carbocycles. The van der Waals surface area contributed by atoms with E-state index < -0.39 is 0 Å². The van der Waals surface area contributed by atoms with Crippen molar-refractivity contribution in [2.75, 3.05) is 6.61 Å². The van der Waals surface area contributed by atoms with Gasteiger partial charge in [0.25, 0.3) is 0 Å². The third-order valence-corrected chi connectivity index (χ3v) is 1.90. The van der Waals surface area contributed by atoms with E-state index in [4.69, 9.17) is 4.74 Å². The molecule has 2 nitrogen and oxygen atoms in total. The molecule has 0 saturated heterocycles. The summed E-state index contributed by atoms with van der Waals surface area (Å²) >= 11 is 2.77. The first kappa shape index (κ1) is 8.09. The third-order valence-electron chi connectivity index (χ3n) is 1.43. The topological polar surface area (TPSA) is 21.6 Å². The number of aliphatic imine (C=N–C) groups is 1. The van der Waals surface area contributed by atoms with Crippen molar-refractivity contribution in [2.24, 2.45) is 10.9 Å². The predicted molar refractivity (Wildman–Crippen MR) is 42.4 cm³/mol. The SMILES string of the molecule is CC(C)C[C@H]1COC([Se])=N1. The molecule has 0 unspecified atom stereocenters. The fraction of sp³-hybridized carbons (Fsp3) is 0.857. The Morgan fingerprint density at radius 2 is 2.50 bits per heavy atom. The van der Waals surface area contributed by atoms with Crippen LogP contribution in [0.4, 0.5) is 0 Å². The Morgan fingerprint density at radius 3 is 2.90 bits per heavy atom. The molecule has 0 N–H and O–H groups in total. The van der Waals surface area contributed by atoms with Crippen molar-refractivity contribution < 1.29 is 4.74 Å². The quantitative estimate of drug-likeness (QED) is 0.615. The first-order chi connectivity index (χ1) is 4.68. The van der Waals surface area contributed by atoms with Gasteiger partial charge in [-0.25, -0.2) is 0 Å². The molecule has 1 atom stereocenters. The Labute approximate surface area is 69.9 Å². The zero-order chi connectivity index (χ0) is 7.56. The summed E-state index contributed by atoms with van der Waals surface area (Å²) in [6, 6.07) is 0.399. The van der Waals surface area contributed by atoms with Crippen LogP contribution < -0.4 is 0 Å². The van der Waals surface area contributed by atoms with Gasteiger partial charge in [-0.1, -0.05) is 0 Å². The predicted octanol–water partition coefficient (Wildman–Crippen LogP) is 0.956. The second-order valence-electron chi connectivity index (χ2n) is 2.99. The van der Waals surface area contributed by atoms with Crippen LogP contribution in [-0.2, 0) is 4.74 Å². The van der Waals surface area contributed by atoms with Gasteiger partial charge in [-0.2, -0.15) is 0 Å². The van der Waals surface area contributed by atoms with Gasteiger partial charge in [0.1, 0.15) is 0 Å².